The van der Waals surface area contributed by atoms with Crippen LogP contribution in [0.5, 0.6) is 0 Å². The SMILES string of the molecule is C=CCC(C)(CSc1ccc(C)cc1)CC(=C)C. The molecule has 18 heavy (non-hydrogen) atoms. The number of aryl methyl sites for hydroxylation is 1. The lowest BCUT2D eigenvalue weighted by Crippen LogP contribution is -2.19. The van der Waals surface area contributed by atoms with Crippen LogP contribution >= 0.6 is 11.8 Å². The molecule has 1 aromatic carbocycles. The summed E-state index contributed by atoms with van der Waals surface area (Å²) in [5.74, 6) is 1.11. The maximum atomic E-state index is 4.05. The van der Waals surface area contributed by atoms with Crippen molar-refractivity contribution in [2.75, 3.05) is 5.75 Å². The van der Waals surface area contributed by atoms with Gasteiger partial charge in [0.25, 0.3) is 0 Å². The average Bonchev–Trinajstić information content (AvgIpc) is 2.27. The minimum Gasteiger partial charge on any atom is -0.126 e. The number of rotatable bonds is 7. The van der Waals surface area contributed by atoms with Crippen molar-refractivity contribution in [3.8, 4) is 0 Å². The molecule has 1 unspecified atom stereocenters. The van der Waals surface area contributed by atoms with E-state index in [1.807, 2.05) is 17.8 Å². The highest BCUT2D eigenvalue weighted by molar-refractivity contribution is 7.99. The molecule has 0 aliphatic rings. The van der Waals surface area contributed by atoms with Gasteiger partial charge in [0.2, 0.25) is 0 Å². The van der Waals surface area contributed by atoms with Gasteiger partial charge in [0.15, 0.2) is 0 Å². The molecule has 0 saturated heterocycles. The van der Waals surface area contributed by atoms with Crippen LogP contribution in [0.2, 0.25) is 0 Å². The van der Waals surface area contributed by atoms with E-state index in [1.54, 1.807) is 0 Å². The van der Waals surface area contributed by atoms with E-state index >= 15 is 0 Å². The Hall–Kier alpha value is -0.950. The van der Waals surface area contributed by atoms with E-state index in [9.17, 15) is 0 Å². The van der Waals surface area contributed by atoms with Crippen molar-refractivity contribution in [1.82, 2.24) is 0 Å². The van der Waals surface area contributed by atoms with E-state index < -0.39 is 0 Å². The molecule has 98 valence electrons. The zero-order valence-corrected chi connectivity index (χ0v) is 12.6. The van der Waals surface area contributed by atoms with Crippen LogP contribution < -0.4 is 0 Å². The molecule has 0 heterocycles. The van der Waals surface area contributed by atoms with Crippen molar-refractivity contribution in [3.05, 3.63) is 54.6 Å². The standard InChI is InChI=1S/C17H24S/c1-6-11-17(5,12-14(2)3)13-18-16-9-7-15(4)8-10-16/h6-10H,1-2,11-13H2,3-5H3. The summed E-state index contributed by atoms with van der Waals surface area (Å²) in [6.45, 7) is 14.5. The average molecular weight is 260 g/mol. The fraction of sp³-hybridized carbons (Fsp3) is 0.412. The van der Waals surface area contributed by atoms with E-state index in [1.165, 1.54) is 16.0 Å². The van der Waals surface area contributed by atoms with Crippen LogP contribution in [-0.4, -0.2) is 5.75 Å². The van der Waals surface area contributed by atoms with Gasteiger partial charge in [-0.15, -0.1) is 24.9 Å². The largest absolute Gasteiger partial charge is 0.126 e. The summed E-state index contributed by atoms with van der Waals surface area (Å²) in [6.07, 6.45) is 4.13. The third kappa shape index (κ3) is 5.14. The van der Waals surface area contributed by atoms with Gasteiger partial charge >= 0.3 is 0 Å². The van der Waals surface area contributed by atoms with Crippen molar-refractivity contribution in [2.45, 2.75) is 38.5 Å². The van der Waals surface area contributed by atoms with Crippen molar-refractivity contribution in [3.63, 3.8) is 0 Å². The fourth-order valence-electron chi connectivity index (χ4n) is 2.15. The van der Waals surface area contributed by atoms with Gasteiger partial charge in [-0.3, -0.25) is 0 Å². The number of thioether (sulfide) groups is 1. The summed E-state index contributed by atoms with van der Waals surface area (Å²) >= 11 is 1.93. The molecule has 0 saturated carbocycles. The molecule has 1 rings (SSSR count). The second kappa shape index (κ2) is 6.84. The Labute approximate surface area is 116 Å². The van der Waals surface area contributed by atoms with Gasteiger partial charge in [0.1, 0.15) is 0 Å². The Morgan fingerprint density at radius 1 is 1.33 bits per heavy atom. The summed E-state index contributed by atoms with van der Waals surface area (Å²) in [7, 11) is 0. The number of allylic oxidation sites excluding steroid dienone is 2. The number of hydrogen-bond donors (Lipinski definition) is 0. The van der Waals surface area contributed by atoms with Gasteiger partial charge in [-0.25, -0.2) is 0 Å². The molecule has 0 N–H and O–H groups in total. The first-order chi connectivity index (χ1) is 8.45. The minimum atomic E-state index is 0.267. The third-order valence-electron chi connectivity index (χ3n) is 2.97. The van der Waals surface area contributed by atoms with Gasteiger partial charge in [-0.2, -0.15) is 0 Å². The van der Waals surface area contributed by atoms with Crippen LogP contribution in [0.4, 0.5) is 0 Å². The summed E-state index contributed by atoms with van der Waals surface area (Å²) in [4.78, 5) is 1.35. The molecule has 0 spiro atoms. The van der Waals surface area contributed by atoms with E-state index in [0.717, 1.165) is 18.6 Å². The van der Waals surface area contributed by atoms with Crippen LogP contribution in [0, 0.1) is 12.3 Å². The fourth-order valence-corrected chi connectivity index (χ4v) is 3.21. The normalized spacial score (nSPS) is 13.9. The van der Waals surface area contributed by atoms with Crippen molar-refractivity contribution >= 4 is 11.8 Å². The molecule has 0 aliphatic carbocycles. The third-order valence-corrected chi connectivity index (χ3v) is 4.42. The van der Waals surface area contributed by atoms with Crippen LogP contribution in [0.25, 0.3) is 0 Å². The van der Waals surface area contributed by atoms with Gasteiger partial charge in [-0.1, -0.05) is 36.3 Å². The molecule has 0 radical (unpaired) electrons. The molecular formula is C17H24S. The first-order valence-corrected chi connectivity index (χ1v) is 7.38. The molecule has 0 aromatic heterocycles. The zero-order valence-electron chi connectivity index (χ0n) is 11.8. The predicted octanol–water partition coefficient (Wildman–Crippen LogP) is 5.64. The van der Waals surface area contributed by atoms with E-state index in [0.29, 0.717) is 0 Å². The Balaban J connectivity index is 2.64. The number of benzene rings is 1. The molecular weight excluding hydrogens is 236 g/mol. The maximum Gasteiger partial charge on any atom is 0.00723 e. The molecule has 0 bridgehead atoms. The first-order valence-electron chi connectivity index (χ1n) is 6.40. The van der Waals surface area contributed by atoms with Gasteiger partial charge < -0.3 is 0 Å². The van der Waals surface area contributed by atoms with Crippen molar-refractivity contribution < 1.29 is 0 Å². The Morgan fingerprint density at radius 2 is 1.94 bits per heavy atom. The summed E-state index contributed by atoms with van der Waals surface area (Å²) < 4.78 is 0. The Morgan fingerprint density at radius 3 is 2.44 bits per heavy atom. The Bertz CT molecular complexity index is 402. The van der Waals surface area contributed by atoms with Gasteiger partial charge in [0, 0.05) is 10.6 Å². The van der Waals surface area contributed by atoms with E-state index in [4.69, 9.17) is 0 Å². The zero-order chi connectivity index (χ0) is 13.6. The van der Waals surface area contributed by atoms with Crippen LogP contribution in [-0.2, 0) is 0 Å². The lowest BCUT2D eigenvalue weighted by molar-refractivity contribution is 0.378. The van der Waals surface area contributed by atoms with Gasteiger partial charge in [-0.05, 0) is 44.2 Å². The molecule has 0 amide bonds. The van der Waals surface area contributed by atoms with Crippen LogP contribution in [0.15, 0.2) is 54.0 Å². The summed E-state index contributed by atoms with van der Waals surface area (Å²) in [5, 5.41) is 0. The second-order valence-electron chi connectivity index (χ2n) is 5.54. The molecule has 1 aromatic rings. The first kappa shape index (κ1) is 15.1. The second-order valence-corrected chi connectivity index (χ2v) is 6.59. The highest BCUT2D eigenvalue weighted by Gasteiger charge is 2.23. The smallest absolute Gasteiger partial charge is 0.00723 e. The van der Waals surface area contributed by atoms with Crippen LogP contribution in [0.3, 0.4) is 0 Å². The quantitative estimate of drug-likeness (QED) is 0.452. The molecule has 0 aliphatic heterocycles. The van der Waals surface area contributed by atoms with Crippen LogP contribution in [0.1, 0.15) is 32.3 Å². The van der Waals surface area contributed by atoms with Crippen molar-refractivity contribution in [1.29, 1.82) is 0 Å². The highest BCUT2D eigenvalue weighted by atomic mass is 32.2. The summed E-state index contributed by atoms with van der Waals surface area (Å²) in [5.41, 5.74) is 2.84. The molecule has 1 atom stereocenters. The molecule has 0 fully saturated rings. The lowest BCUT2D eigenvalue weighted by atomic mass is 9.83. The van der Waals surface area contributed by atoms with Gasteiger partial charge in [0.05, 0.1) is 0 Å². The maximum absolute atomic E-state index is 4.05. The minimum absolute atomic E-state index is 0.267. The molecule has 1 heteroatoms. The highest BCUT2D eigenvalue weighted by Crippen LogP contribution is 2.36. The van der Waals surface area contributed by atoms with E-state index in [2.05, 4.69) is 58.2 Å². The lowest BCUT2D eigenvalue weighted by Gasteiger charge is -2.28. The number of hydrogen-bond acceptors (Lipinski definition) is 1. The van der Waals surface area contributed by atoms with Crippen molar-refractivity contribution in [2.24, 2.45) is 5.41 Å². The Kier molecular flexibility index (Phi) is 5.74. The molecule has 0 nitrogen and oxygen atoms in total. The monoisotopic (exact) mass is 260 g/mol. The predicted molar refractivity (Wildman–Crippen MR) is 84.3 cm³/mol. The summed E-state index contributed by atoms with van der Waals surface area (Å²) in [6, 6.07) is 8.75. The topological polar surface area (TPSA) is 0 Å². The van der Waals surface area contributed by atoms with E-state index in [-0.39, 0.29) is 5.41 Å².